The number of nitrogens with zero attached hydrogens (tertiary/aromatic N) is 3. The molecule has 1 aliphatic heterocycles. The fourth-order valence-electron chi connectivity index (χ4n) is 4.63. The molecule has 1 aliphatic carbocycles. The predicted molar refractivity (Wildman–Crippen MR) is 142 cm³/mol. The summed E-state index contributed by atoms with van der Waals surface area (Å²) in [5.41, 5.74) is -1.36. The van der Waals surface area contributed by atoms with Gasteiger partial charge in [-0.3, -0.25) is 13.9 Å². The molecule has 2 fully saturated rings. The largest absolute Gasteiger partial charge is 0.438 e. The molecular weight excluding hydrogens is 559 g/mol. The molecule has 38 heavy (non-hydrogen) atoms. The standard InChI is InChI=1S/C23H34ClN4O8PS/c1-23(2,3)21(29)34-13-35-37(30,31)14-38(32,33)12-16-8-9-18(36-16)28-11-10-17-19(25-15-6-4-5-7-15)26-22(24)27-20(17)28/h10-11,15-16,18H,4-9,12-14H2,1-3H3,(H,30,31)(H,25,26,27)/t16-,18+/m0/s1. The van der Waals surface area contributed by atoms with Gasteiger partial charge in [0.15, 0.2) is 15.3 Å². The predicted octanol–water partition coefficient (Wildman–Crippen LogP) is 4.24. The molecular formula is C23H34ClN4O8PS. The Bertz CT molecular complexity index is 1320. The zero-order chi connectivity index (χ0) is 27.7. The maximum absolute atomic E-state index is 12.7. The van der Waals surface area contributed by atoms with Crippen LogP contribution < -0.4 is 5.32 Å². The Kier molecular flexibility index (Phi) is 8.76. The van der Waals surface area contributed by atoms with Crippen molar-refractivity contribution in [3.8, 4) is 0 Å². The molecule has 2 aromatic rings. The second kappa shape index (κ2) is 11.4. The number of hydrogen-bond donors (Lipinski definition) is 2. The first-order chi connectivity index (χ1) is 17.7. The van der Waals surface area contributed by atoms with E-state index in [9.17, 15) is 22.7 Å². The van der Waals surface area contributed by atoms with Crippen LogP contribution in [0, 0.1) is 5.41 Å². The van der Waals surface area contributed by atoms with E-state index in [1.54, 1.807) is 25.3 Å². The molecule has 0 bridgehead atoms. The second-order valence-corrected chi connectivity index (χ2v) is 15.5. The van der Waals surface area contributed by atoms with Gasteiger partial charge in [0.2, 0.25) is 12.1 Å². The molecule has 1 saturated heterocycles. The van der Waals surface area contributed by atoms with Gasteiger partial charge in [0, 0.05) is 12.2 Å². The van der Waals surface area contributed by atoms with Crippen molar-refractivity contribution in [1.29, 1.82) is 0 Å². The van der Waals surface area contributed by atoms with Gasteiger partial charge < -0.3 is 24.3 Å². The van der Waals surface area contributed by atoms with E-state index in [-0.39, 0.29) is 5.28 Å². The van der Waals surface area contributed by atoms with E-state index >= 15 is 0 Å². The highest BCUT2D eigenvalue weighted by molar-refractivity contribution is 7.97. The fraction of sp³-hybridized carbons (Fsp3) is 0.696. The molecule has 4 rings (SSSR count). The third kappa shape index (κ3) is 7.45. The Balaban J connectivity index is 1.36. The maximum atomic E-state index is 12.7. The van der Waals surface area contributed by atoms with Crippen molar-refractivity contribution in [2.75, 3.05) is 23.4 Å². The van der Waals surface area contributed by atoms with Gasteiger partial charge in [-0.25, -0.2) is 13.4 Å². The van der Waals surface area contributed by atoms with Gasteiger partial charge in [0.05, 0.1) is 22.7 Å². The van der Waals surface area contributed by atoms with Gasteiger partial charge in [-0.1, -0.05) is 12.8 Å². The van der Waals surface area contributed by atoms with Crippen molar-refractivity contribution < 1.29 is 36.7 Å². The summed E-state index contributed by atoms with van der Waals surface area (Å²) < 4.78 is 54.9. The SMILES string of the molecule is CC(C)(C)C(=O)OCOP(=O)(O)CS(=O)(=O)C[C@@H]1CC[C@H](n2ccc3c(NC4CCCC4)nc(Cl)nc32)O1. The summed E-state index contributed by atoms with van der Waals surface area (Å²) in [5.74, 6) is -0.436. The number of anilines is 1. The molecule has 0 radical (unpaired) electrons. The van der Waals surface area contributed by atoms with Crippen LogP contribution in [0.15, 0.2) is 12.3 Å². The van der Waals surface area contributed by atoms with Crippen LogP contribution in [0.4, 0.5) is 5.82 Å². The number of carbonyl (C=O) groups is 1. The van der Waals surface area contributed by atoms with Crippen LogP contribution in [0.3, 0.4) is 0 Å². The summed E-state index contributed by atoms with van der Waals surface area (Å²) in [6.07, 6.45) is 6.07. The zero-order valence-electron chi connectivity index (χ0n) is 21.6. The first kappa shape index (κ1) is 29.2. The minimum atomic E-state index is -4.56. The number of aromatic nitrogens is 3. The molecule has 3 heterocycles. The first-order valence-corrected chi connectivity index (χ1v) is 16.5. The zero-order valence-corrected chi connectivity index (χ0v) is 24.1. The van der Waals surface area contributed by atoms with Crippen molar-refractivity contribution in [3.63, 3.8) is 0 Å². The molecule has 12 nitrogen and oxygen atoms in total. The lowest BCUT2D eigenvalue weighted by atomic mass is 9.98. The highest BCUT2D eigenvalue weighted by atomic mass is 35.5. The summed E-state index contributed by atoms with van der Waals surface area (Å²) in [6, 6.07) is 2.21. The highest BCUT2D eigenvalue weighted by Crippen LogP contribution is 2.44. The van der Waals surface area contributed by atoms with Gasteiger partial charge in [0.25, 0.3) is 0 Å². The van der Waals surface area contributed by atoms with Crippen molar-refractivity contribution in [1.82, 2.24) is 14.5 Å². The molecule has 15 heteroatoms. The Morgan fingerprint density at radius 2 is 1.97 bits per heavy atom. The lowest BCUT2D eigenvalue weighted by molar-refractivity contribution is -0.159. The summed E-state index contributed by atoms with van der Waals surface area (Å²) in [5, 5.41) is 4.36. The smallest absolute Gasteiger partial charge is 0.346 e. The van der Waals surface area contributed by atoms with Crippen molar-refractivity contribution in [2.45, 2.75) is 77.7 Å². The molecule has 0 aromatic carbocycles. The number of sulfone groups is 1. The van der Waals surface area contributed by atoms with Crippen LogP contribution in [0.5, 0.6) is 0 Å². The van der Waals surface area contributed by atoms with Crippen LogP contribution in [-0.4, -0.2) is 64.0 Å². The van der Waals surface area contributed by atoms with E-state index in [4.69, 9.17) is 25.6 Å². The third-order valence-electron chi connectivity index (χ3n) is 6.49. The molecule has 0 spiro atoms. The van der Waals surface area contributed by atoms with Crippen LogP contribution in [0.1, 0.15) is 65.5 Å². The average Bonchev–Trinajstić information content (AvgIpc) is 3.52. The maximum Gasteiger partial charge on any atom is 0.346 e. The summed E-state index contributed by atoms with van der Waals surface area (Å²) in [7, 11) is -8.60. The van der Waals surface area contributed by atoms with Crippen LogP contribution in [0.2, 0.25) is 5.28 Å². The fourth-order valence-corrected chi connectivity index (χ4v) is 8.53. The second-order valence-electron chi connectivity index (χ2n) is 10.8. The number of nitrogens with one attached hydrogen (secondary N) is 1. The Morgan fingerprint density at radius 3 is 2.66 bits per heavy atom. The lowest BCUT2D eigenvalue weighted by Gasteiger charge is -2.19. The number of carbonyl (C=O) groups excluding carboxylic acids is 1. The number of ether oxygens (including phenoxy) is 2. The number of halogens is 1. The van der Waals surface area contributed by atoms with E-state index in [1.807, 2.05) is 12.3 Å². The molecule has 1 saturated carbocycles. The van der Waals surface area contributed by atoms with E-state index in [0.29, 0.717) is 30.3 Å². The van der Waals surface area contributed by atoms with Gasteiger partial charge >= 0.3 is 13.6 Å². The molecule has 212 valence electrons. The number of hydrogen-bond acceptors (Lipinski definition) is 10. The Labute approximate surface area is 226 Å². The number of rotatable bonds is 10. The Hall–Kier alpha value is -1.76. The number of fused-ring (bicyclic) bond motifs is 1. The van der Waals surface area contributed by atoms with Crippen molar-refractivity contribution >= 4 is 51.9 Å². The van der Waals surface area contributed by atoms with Crippen LogP contribution in [-0.2, 0) is 33.2 Å². The van der Waals surface area contributed by atoms with Gasteiger partial charge in [-0.15, -0.1) is 0 Å². The Morgan fingerprint density at radius 1 is 1.26 bits per heavy atom. The topological polar surface area (TPSA) is 159 Å². The first-order valence-electron chi connectivity index (χ1n) is 12.5. The molecule has 1 unspecified atom stereocenters. The molecule has 0 amide bonds. The third-order valence-corrected chi connectivity index (χ3v) is 10.9. The van der Waals surface area contributed by atoms with Gasteiger partial charge in [-0.05, 0) is 64.1 Å². The minimum Gasteiger partial charge on any atom is -0.438 e. The highest BCUT2D eigenvalue weighted by Gasteiger charge is 2.36. The average molecular weight is 593 g/mol. The molecule has 2 aliphatic rings. The monoisotopic (exact) mass is 592 g/mol. The normalized spacial score (nSPS) is 22.6. The van der Waals surface area contributed by atoms with Gasteiger partial charge in [-0.2, -0.15) is 4.98 Å². The van der Waals surface area contributed by atoms with Crippen LogP contribution in [0.25, 0.3) is 11.0 Å². The van der Waals surface area contributed by atoms with E-state index < -0.39 is 59.2 Å². The van der Waals surface area contributed by atoms with E-state index in [2.05, 4.69) is 15.3 Å². The summed E-state index contributed by atoms with van der Waals surface area (Å²) >= 11 is 6.21. The van der Waals surface area contributed by atoms with E-state index in [1.165, 1.54) is 12.8 Å². The minimum absolute atomic E-state index is 0.0990. The van der Waals surface area contributed by atoms with Crippen molar-refractivity contribution in [3.05, 3.63) is 17.5 Å². The lowest BCUT2D eigenvalue weighted by Crippen LogP contribution is -2.25. The summed E-state index contributed by atoms with van der Waals surface area (Å²) in [6.45, 7) is 4.01. The van der Waals surface area contributed by atoms with E-state index in [0.717, 1.165) is 18.2 Å². The molecule has 2 N–H and O–H groups in total. The van der Waals surface area contributed by atoms with Crippen LogP contribution >= 0.6 is 19.2 Å². The molecule has 2 aromatic heterocycles. The van der Waals surface area contributed by atoms with Crippen molar-refractivity contribution in [2.24, 2.45) is 5.41 Å². The quantitative estimate of drug-likeness (QED) is 0.176. The van der Waals surface area contributed by atoms with Gasteiger partial charge in [0.1, 0.15) is 17.7 Å². The summed E-state index contributed by atoms with van der Waals surface area (Å²) in [4.78, 5) is 30.5. The number of esters is 1. The molecule has 3 atom stereocenters.